The molecule has 10 heteroatoms. The minimum Gasteiger partial charge on any atom is -0.491 e. The summed E-state index contributed by atoms with van der Waals surface area (Å²) in [5.41, 5.74) is 0.566. The fourth-order valence-corrected chi connectivity index (χ4v) is 4.23. The Balaban J connectivity index is 1.47. The van der Waals surface area contributed by atoms with Crippen molar-refractivity contribution in [2.75, 3.05) is 26.4 Å². The fourth-order valence-electron chi connectivity index (χ4n) is 4.02. The number of aromatic nitrogens is 2. The summed E-state index contributed by atoms with van der Waals surface area (Å²) >= 11 is 6.18. The van der Waals surface area contributed by atoms with Gasteiger partial charge in [0.15, 0.2) is 5.79 Å². The topological polar surface area (TPSA) is 81.2 Å². The Morgan fingerprint density at radius 3 is 2.69 bits per heavy atom. The number of hydrogen-bond donors (Lipinski definition) is 0. The Hall–Kier alpha value is -2.72. The number of rotatable bonds is 7. The van der Waals surface area contributed by atoms with E-state index >= 15 is 0 Å². The molecule has 3 aromatic rings. The number of nitrogens with zero attached hydrogens (tertiary/aromatic N) is 2. The van der Waals surface area contributed by atoms with Gasteiger partial charge in [-0.1, -0.05) is 11.6 Å². The molecule has 186 valence electrons. The van der Waals surface area contributed by atoms with Crippen LogP contribution in [0.4, 0.5) is 4.39 Å². The highest BCUT2D eigenvalue weighted by molar-refractivity contribution is 6.32. The van der Waals surface area contributed by atoms with E-state index in [1.165, 1.54) is 24.5 Å². The fraction of sp³-hybridized carbons (Fsp3) is 0.440. The summed E-state index contributed by atoms with van der Waals surface area (Å²) in [6.45, 7) is 5.75. The molecule has 0 radical (unpaired) electrons. The van der Waals surface area contributed by atoms with Gasteiger partial charge in [-0.2, -0.15) is 0 Å². The molecule has 0 bridgehead atoms. The molecule has 1 aromatic heterocycles. The van der Waals surface area contributed by atoms with E-state index in [1.54, 1.807) is 12.1 Å². The van der Waals surface area contributed by atoms with E-state index < -0.39 is 11.6 Å². The van der Waals surface area contributed by atoms with Gasteiger partial charge in [0.25, 0.3) is 0 Å². The lowest BCUT2D eigenvalue weighted by Crippen LogP contribution is -2.26. The van der Waals surface area contributed by atoms with E-state index in [0.717, 1.165) is 12.8 Å². The van der Waals surface area contributed by atoms with Gasteiger partial charge >= 0.3 is 0 Å². The summed E-state index contributed by atoms with van der Waals surface area (Å²) in [7, 11) is 0. The van der Waals surface area contributed by atoms with E-state index in [-0.39, 0.29) is 28.9 Å². The highest BCUT2D eigenvalue weighted by atomic mass is 35.5. The minimum absolute atomic E-state index is 0.0444. The van der Waals surface area contributed by atoms with E-state index in [0.29, 0.717) is 48.8 Å². The molecule has 8 nitrogen and oxygen atoms in total. The Morgan fingerprint density at radius 1 is 1.11 bits per heavy atom. The van der Waals surface area contributed by atoms with E-state index in [2.05, 4.69) is 9.97 Å². The number of hydrogen-bond acceptors (Lipinski definition) is 8. The van der Waals surface area contributed by atoms with Crippen molar-refractivity contribution in [1.82, 2.24) is 9.97 Å². The van der Waals surface area contributed by atoms with E-state index in [1.807, 2.05) is 13.8 Å². The van der Waals surface area contributed by atoms with Crippen molar-refractivity contribution in [3.63, 3.8) is 0 Å². The first-order chi connectivity index (χ1) is 16.9. The second kappa shape index (κ2) is 10.1. The first kappa shape index (κ1) is 24.0. The molecule has 0 aliphatic carbocycles. The molecule has 2 aliphatic rings. The van der Waals surface area contributed by atoms with Crippen LogP contribution in [0.15, 0.2) is 36.7 Å². The lowest BCUT2D eigenvalue weighted by Gasteiger charge is -2.24. The van der Waals surface area contributed by atoms with Gasteiger partial charge in [0, 0.05) is 25.0 Å². The van der Waals surface area contributed by atoms with Crippen LogP contribution in [0.25, 0.3) is 10.9 Å². The molecule has 2 aromatic carbocycles. The highest BCUT2D eigenvalue weighted by Gasteiger charge is 2.33. The summed E-state index contributed by atoms with van der Waals surface area (Å²) < 4.78 is 48.8. The molecule has 0 N–H and O–H groups in total. The number of halogens is 2. The van der Waals surface area contributed by atoms with Gasteiger partial charge in [-0.15, -0.1) is 0 Å². The SMILES string of the molecule is CC1(C)OC[C@H](COc2cc(OC3CCOCC3)c3c(Oc4ccc(F)cc4Cl)ncnc3c2)O1. The Labute approximate surface area is 207 Å². The van der Waals surface area contributed by atoms with Crippen LogP contribution in [0, 0.1) is 5.82 Å². The molecule has 2 fully saturated rings. The number of ether oxygens (including phenoxy) is 6. The average Bonchev–Trinajstić information content (AvgIpc) is 3.18. The van der Waals surface area contributed by atoms with Crippen LogP contribution in [0.1, 0.15) is 26.7 Å². The maximum atomic E-state index is 13.5. The van der Waals surface area contributed by atoms with Gasteiger partial charge in [-0.25, -0.2) is 14.4 Å². The van der Waals surface area contributed by atoms with Crippen LogP contribution >= 0.6 is 11.6 Å². The van der Waals surface area contributed by atoms with E-state index in [4.69, 9.17) is 40.0 Å². The third-order valence-electron chi connectivity index (χ3n) is 5.71. The standard InChI is InChI=1S/C25H26ClFN2O6/c1-25(2)32-13-18(35-25)12-31-17-10-20-23(22(11-17)33-16-5-7-30-8-6-16)24(29-14-28-20)34-21-4-3-15(27)9-19(21)26/h3-4,9-11,14,16,18H,5-8,12-13H2,1-2H3/t18-/m0/s1. The predicted octanol–water partition coefficient (Wildman–Crippen LogP) is 5.30. The van der Waals surface area contributed by atoms with Crippen molar-refractivity contribution in [2.45, 2.75) is 44.7 Å². The molecule has 0 unspecified atom stereocenters. The van der Waals surface area contributed by atoms with Crippen LogP contribution in [-0.2, 0) is 14.2 Å². The normalized spacial score (nSPS) is 20.2. The molecule has 3 heterocycles. The lowest BCUT2D eigenvalue weighted by atomic mass is 10.1. The van der Waals surface area contributed by atoms with Crippen LogP contribution in [0.5, 0.6) is 23.1 Å². The molecule has 0 amide bonds. The van der Waals surface area contributed by atoms with Gasteiger partial charge in [-0.05, 0) is 32.0 Å². The van der Waals surface area contributed by atoms with Crippen molar-refractivity contribution < 1.29 is 32.8 Å². The van der Waals surface area contributed by atoms with Crippen molar-refractivity contribution in [3.05, 3.63) is 47.5 Å². The molecular weight excluding hydrogens is 479 g/mol. The molecule has 35 heavy (non-hydrogen) atoms. The Kier molecular flexibility index (Phi) is 6.93. The second-order valence-electron chi connectivity index (χ2n) is 8.86. The molecule has 0 spiro atoms. The van der Waals surface area contributed by atoms with Crippen LogP contribution in [-0.4, -0.2) is 54.4 Å². The van der Waals surface area contributed by atoms with E-state index in [9.17, 15) is 4.39 Å². The third-order valence-corrected chi connectivity index (χ3v) is 6.00. The average molecular weight is 505 g/mol. The Bertz CT molecular complexity index is 1200. The van der Waals surface area contributed by atoms with Gasteiger partial charge in [0.05, 0.1) is 30.4 Å². The first-order valence-electron chi connectivity index (χ1n) is 11.5. The van der Waals surface area contributed by atoms with Crippen LogP contribution < -0.4 is 14.2 Å². The maximum absolute atomic E-state index is 13.5. The predicted molar refractivity (Wildman–Crippen MR) is 126 cm³/mol. The van der Waals surface area contributed by atoms with Gasteiger partial charge in [-0.3, -0.25) is 0 Å². The number of fused-ring (bicyclic) bond motifs is 1. The number of benzene rings is 2. The van der Waals surface area contributed by atoms with Crippen molar-refractivity contribution in [1.29, 1.82) is 0 Å². The third kappa shape index (κ3) is 5.75. The molecule has 1 atom stereocenters. The highest BCUT2D eigenvalue weighted by Crippen LogP contribution is 2.40. The summed E-state index contributed by atoms with van der Waals surface area (Å²) in [5, 5.41) is 0.693. The quantitative estimate of drug-likeness (QED) is 0.428. The monoisotopic (exact) mass is 504 g/mol. The molecule has 0 saturated carbocycles. The minimum atomic E-state index is -0.629. The maximum Gasteiger partial charge on any atom is 0.234 e. The van der Waals surface area contributed by atoms with Crippen LogP contribution in [0.2, 0.25) is 5.02 Å². The molecule has 2 saturated heterocycles. The lowest BCUT2D eigenvalue weighted by molar-refractivity contribution is -0.141. The smallest absolute Gasteiger partial charge is 0.234 e. The first-order valence-corrected chi connectivity index (χ1v) is 11.8. The van der Waals surface area contributed by atoms with Crippen molar-refractivity contribution in [2.24, 2.45) is 0 Å². The molecule has 2 aliphatic heterocycles. The summed E-state index contributed by atoms with van der Waals surface area (Å²) in [4.78, 5) is 8.72. The second-order valence-corrected chi connectivity index (χ2v) is 9.27. The zero-order chi connectivity index (χ0) is 24.4. The van der Waals surface area contributed by atoms with Gasteiger partial charge in [0.1, 0.15) is 53.6 Å². The van der Waals surface area contributed by atoms with Gasteiger partial charge in [0.2, 0.25) is 5.88 Å². The van der Waals surface area contributed by atoms with Crippen molar-refractivity contribution in [3.8, 4) is 23.1 Å². The van der Waals surface area contributed by atoms with Crippen molar-refractivity contribution >= 4 is 22.5 Å². The summed E-state index contributed by atoms with van der Waals surface area (Å²) in [6, 6.07) is 7.48. The summed E-state index contributed by atoms with van der Waals surface area (Å²) in [6.07, 6.45) is 2.65. The Morgan fingerprint density at radius 2 is 1.94 bits per heavy atom. The largest absolute Gasteiger partial charge is 0.491 e. The molecule has 5 rings (SSSR count). The van der Waals surface area contributed by atoms with Gasteiger partial charge < -0.3 is 28.4 Å². The zero-order valence-corrected chi connectivity index (χ0v) is 20.2. The van der Waals surface area contributed by atoms with Crippen LogP contribution in [0.3, 0.4) is 0 Å². The molecular formula is C25H26ClFN2O6. The summed E-state index contributed by atoms with van der Waals surface area (Å²) in [5.74, 6) is 0.507. The zero-order valence-electron chi connectivity index (χ0n) is 19.5.